The van der Waals surface area contributed by atoms with Gasteiger partial charge in [0.25, 0.3) is 5.56 Å². The second-order valence-corrected chi connectivity index (χ2v) is 6.30. The minimum Gasteiger partial charge on any atom is -0.465 e. The van der Waals surface area contributed by atoms with Crippen LogP contribution in [0.1, 0.15) is 31.2 Å². The molecule has 2 aromatic rings. The maximum absolute atomic E-state index is 12.5. The van der Waals surface area contributed by atoms with Gasteiger partial charge in [0.1, 0.15) is 0 Å². The highest BCUT2D eigenvalue weighted by Gasteiger charge is 2.13. The molecular weight excluding hydrogens is 304 g/mol. The summed E-state index contributed by atoms with van der Waals surface area (Å²) >= 11 is 0. The van der Waals surface area contributed by atoms with Crippen molar-refractivity contribution in [2.45, 2.75) is 39.2 Å². The van der Waals surface area contributed by atoms with E-state index in [9.17, 15) is 9.59 Å². The number of hydrogen-bond acceptors (Lipinski definition) is 4. The molecule has 0 saturated heterocycles. The van der Waals surface area contributed by atoms with Crippen LogP contribution < -0.4 is 5.56 Å². The van der Waals surface area contributed by atoms with E-state index in [1.807, 2.05) is 19.1 Å². The SMILES string of the molecule is Cc1cccc2c(=O)n(CCC(=O)OCC3CC=CCC3)cnc12. The zero-order valence-corrected chi connectivity index (χ0v) is 13.9. The highest BCUT2D eigenvalue weighted by Crippen LogP contribution is 2.18. The van der Waals surface area contributed by atoms with Crippen molar-refractivity contribution in [1.82, 2.24) is 9.55 Å². The number of esters is 1. The van der Waals surface area contributed by atoms with E-state index in [1.54, 1.807) is 6.07 Å². The van der Waals surface area contributed by atoms with E-state index in [4.69, 9.17) is 4.74 Å². The average Bonchev–Trinajstić information content (AvgIpc) is 2.61. The highest BCUT2D eigenvalue weighted by atomic mass is 16.5. The first-order valence-electron chi connectivity index (χ1n) is 8.40. The van der Waals surface area contributed by atoms with E-state index < -0.39 is 0 Å². The van der Waals surface area contributed by atoms with Crippen LogP contribution in [-0.2, 0) is 16.1 Å². The Hall–Kier alpha value is -2.43. The molecule has 0 bridgehead atoms. The van der Waals surface area contributed by atoms with E-state index in [2.05, 4.69) is 17.1 Å². The summed E-state index contributed by atoms with van der Waals surface area (Å²) in [6, 6.07) is 5.54. The van der Waals surface area contributed by atoms with Crippen molar-refractivity contribution >= 4 is 16.9 Å². The first-order valence-corrected chi connectivity index (χ1v) is 8.40. The molecule has 0 radical (unpaired) electrons. The summed E-state index contributed by atoms with van der Waals surface area (Å²) in [6.45, 7) is 2.68. The van der Waals surface area contributed by atoms with Gasteiger partial charge in [-0.05, 0) is 43.7 Å². The quantitative estimate of drug-likeness (QED) is 0.626. The first-order chi connectivity index (χ1) is 11.6. The number of carbonyl (C=O) groups excluding carboxylic acids is 1. The van der Waals surface area contributed by atoms with Crippen LogP contribution in [-0.4, -0.2) is 22.1 Å². The standard InChI is InChI=1S/C19H22N2O3/c1-14-6-5-9-16-18(14)20-13-21(19(16)23)11-10-17(22)24-12-15-7-3-2-4-8-15/h2-3,5-6,9,13,15H,4,7-8,10-12H2,1H3. The highest BCUT2D eigenvalue weighted by molar-refractivity contribution is 5.80. The summed E-state index contributed by atoms with van der Waals surface area (Å²) in [6.07, 6.45) is 9.10. The fourth-order valence-corrected chi connectivity index (χ4v) is 3.00. The number of para-hydroxylation sites is 1. The fourth-order valence-electron chi connectivity index (χ4n) is 3.00. The topological polar surface area (TPSA) is 61.2 Å². The molecule has 1 aromatic carbocycles. The summed E-state index contributed by atoms with van der Waals surface area (Å²) in [5, 5.41) is 0.583. The Morgan fingerprint density at radius 1 is 1.38 bits per heavy atom. The largest absolute Gasteiger partial charge is 0.465 e. The summed E-state index contributed by atoms with van der Waals surface area (Å²) in [5.74, 6) is 0.160. The Morgan fingerprint density at radius 3 is 3.04 bits per heavy atom. The van der Waals surface area contributed by atoms with Gasteiger partial charge in [0, 0.05) is 6.54 Å². The number of fused-ring (bicyclic) bond motifs is 1. The predicted molar refractivity (Wildman–Crippen MR) is 92.8 cm³/mol. The molecule has 1 heterocycles. The number of nitrogens with zero attached hydrogens (tertiary/aromatic N) is 2. The lowest BCUT2D eigenvalue weighted by molar-refractivity contribution is -0.145. The number of rotatable bonds is 5. The van der Waals surface area contributed by atoms with E-state index in [0.717, 1.165) is 24.8 Å². The van der Waals surface area contributed by atoms with Crippen molar-refractivity contribution in [3.8, 4) is 0 Å². The third-order valence-electron chi connectivity index (χ3n) is 4.47. The molecule has 1 aliphatic rings. The normalized spacial score (nSPS) is 17.1. The molecule has 1 atom stereocenters. The molecule has 126 valence electrons. The number of aromatic nitrogens is 2. The molecule has 5 heteroatoms. The van der Waals surface area contributed by atoms with Gasteiger partial charge < -0.3 is 4.74 Å². The van der Waals surface area contributed by atoms with Crippen LogP contribution in [0.2, 0.25) is 0 Å². The Kier molecular flexibility index (Phi) is 5.08. The van der Waals surface area contributed by atoms with Gasteiger partial charge in [0.2, 0.25) is 0 Å². The zero-order valence-electron chi connectivity index (χ0n) is 13.9. The summed E-state index contributed by atoms with van der Waals surface area (Å²) in [7, 11) is 0. The Morgan fingerprint density at radius 2 is 2.25 bits per heavy atom. The van der Waals surface area contributed by atoms with Crippen LogP contribution in [0.25, 0.3) is 10.9 Å². The molecule has 0 N–H and O–H groups in total. The number of aryl methyl sites for hydroxylation is 2. The molecule has 1 aliphatic carbocycles. The van der Waals surface area contributed by atoms with Crippen molar-refractivity contribution < 1.29 is 9.53 Å². The molecule has 0 spiro atoms. The van der Waals surface area contributed by atoms with Crippen molar-refractivity contribution in [1.29, 1.82) is 0 Å². The maximum Gasteiger partial charge on any atom is 0.307 e. The molecule has 0 amide bonds. The van der Waals surface area contributed by atoms with Crippen molar-refractivity contribution in [2.75, 3.05) is 6.61 Å². The van der Waals surface area contributed by atoms with Gasteiger partial charge >= 0.3 is 5.97 Å². The van der Waals surface area contributed by atoms with Gasteiger partial charge in [-0.15, -0.1) is 0 Å². The van der Waals surface area contributed by atoms with Crippen LogP contribution >= 0.6 is 0 Å². The van der Waals surface area contributed by atoms with Gasteiger partial charge in [0.05, 0.1) is 30.3 Å². The van der Waals surface area contributed by atoms with E-state index >= 15 is 0 Å². The van der Waals surface area contributed by atoms with Gasteiger partial charge in [-0.25, -0.2) is 4.98 Å². The number of benzene rings is 1. The summed E-state index contributed by atoms with van der Waals surface area (Å²) in [5.41, 5.74) is 1.57. The minimum atomic E-state index is -0.263. The summed E-state index contributed by atoms with van der Waals surface area (Å²) < 4.78 is 6.82. The lowest BCUT2D eigenvalue weighted by Crippen LogP contribution is -2.23. The van der Waals surface area contributed by atoms with Gasteiger partial charge in [-0.3, -0.25) is 14.2 Å². The van der Waals surface area contributed by atoms with Crippen LogP contribution in [0.3, 0.4) is 0 Å². The Labute approximate surface area is 141 Å². The number of hydrogen-bond donors (Lipinski definition) is 0. The van der Waals surface area contributed by atoms with Crippen molar-refractivity contribution in [2.24, 2.45) is 5.92 Å². The molecule has 0 aliphatic heterocycles. The van der Waals surface area contributed by atoms with Gasteiger partial charge in [-0.1, -0.05) is 24.3 Å². The molecule has 5 nitrogen and oxygen atoms in total. The number of ether oxygens (including phenoxy) is 1. The first kappa shape index (κ1) is 16.4. The number of allylic oxidation sites excluding steroid dienone is 2. The molecule has 24 heavy (non-hydrogen) atoms. The molecule has 1 aromatic heterocycles. The van der Waals surface area contributed by atoms with E-state index in [-0.39, 0.29) is 17.9 Å². The Bertz CT molecular complexity index is 823. The monoisotopic (exact) mass is 326 g/mol. The van der Waals surface area contributed by atoms with Crippen LogP contribution in [0.5, 0.6) is 0 Å². The van der Waals surface area contributed by atoms with Crippen LogP contribution in [0.4, 0.5) is 0 Å². The molecule has 3 rings (SSSR count). The molecule has 1 unspecified atom stereocenters. The lowest BCUT2D eigenvalue weighted by Gasteiger charge is -2.17. The Balaban J connectivity index is 1.59. The maximum atomic E-state index is 12.5. The second-order valence-electron chi connectivity index (χ2n) is 6.30. The van der Waals surface area contributed by atoms with Crippen molar-refractivity contribution in [3.05, 3.63) is 52.6 Å². The third kappa shape index (κ3) is 3.72. The predicted octanol–water partition coefficient (Wildman–Crippen LogP) is 2.99. The van der Waals surface area contributed by atoms with E-state index in [1.165, 1.54) is 10.9 Å². The van der Waals surface area contributed by atoms with Gasteiger partial charge in [-0.2, -0.15) is 0 Å². The zero-order chi connectivity index (χ0) is 16.9. The fraction of sp³-hybridized carbons (Fsp3) is 0.421. The van der Waals surface area contributed by atoms with Crippen LogP contribution in [0.15, 0.2) is 41.5 Å². The number of carbonyl (C=O) groups is 1. The smallest absolute Gasteiger partial charge is 0.307 e. The molecular formula is C19H22N2O3. The molecule has 0 saturated carbocycles. The van der Waals surface area contributed by atoms with Crippen LogP contribution in [0, 0.1) is 12.8 Å². The summed E-state index contributed by atoms with van der Waals surface area (Å²) in [4.78, 5) is 28.7. The lowest BCUT2D eigenvalue weighted by atomic mass is 9.95. The average molecular weight is 326 g/mol. The minimum absolute atomic E-state index is 0.117. The third-order valence-corrected chi connectivity index (χ3v) is 4.47. The van der Waals surface area contributed by atoms with Crippen molar-refractivity contribution in [3.63, 3.8) is 0 Å². The second kappa shape index (κ2) is 7.43. The van der Waals surface area contributed by atoms with Gasteiger partial charge in [0.15, 0.2) is 0 Å². The van der Waals surface area contributed by atoms with E-state index in [0.29, 0.717) is 30.0 Å². The molecule has 0 fully saturated rings.